The molecule has 3 saturated heterocycles. The van der Waals surface area contributed by atoms with Crippen LogP contribution in [0.3, 0.4) is 0 Å². The molecule has 0 amide bonds. The predicted octanol–water partition coefficient (Wildman–Crippen LogP) is 8.44. The Morgan fingerprint density at radius 2 is 1.06 bits per heavy atom. The average Bonchev–Trinajstić information content (AvgIpc) is 2.06. The van der Waals surface area contributed by atoms with Crippen LogP contribution in [0, 0.1) is 11.8 Å². The van der Waals surface area contributed by atoms with Gasteiger partial charge >= 0.3 is 0 Å². The summed E-state index contributed by atoms with van der Waals surface area (Å²) in [6.07, 6.45) is 10.2. The smallest absolute Gasteiger partial charge is 0.167 e. The zero-order valence-corrected chi connectivity index (χ0v) is 51.5. The van der Waals surface area contributed by atoms with Crippen molar-refractivity contribution in [3.05, 3.63) is 84.5 Å². The molecule has 0 bridgehead atoms. The van der Waals surface area contributed by atoms with Crippen molar-refractivity contribution in [1.29, 1.82) is 0 Å². The number of hydrogen-bond donors (Lipinski definition) is 6. The van der Waals surface area contributed by atoms with Crippen molar-refractivity contribution >= 4 is 56.0 Å². The first-order valence-electron chi connectivity index (χ1n) is 30.7. The van der Waals surface area contributed by atoms with Gasteiger partial charge in [-0.2, -0.15) is 0 Å². The van der Waals surface area contributed by atoms with Crippen LogP contribution in [0.1, 0.15) is 157 Å². The predicted molar refractivity (Wildman–Crippen MR) is 326 cm³/mol. The van der Waals surface area contributed by atoms with Gasteiger partial charge in [0.2, 0.25) is 0 Å². The third kappa shape index (κ3) is 11.9. The molecule has 13 rings (SSSR count). The van der Waals surface area contributed by atoms with Gasteiger partial charge in [-0.15, -0.1) is 0 Å². The van der Waals surface area contributed by atoms with Gasteiger partial charge in [0, 0.05) is 50.1 Å². The number of benzene rings is 2. The highest BCUT2D eigenvalue weighted by Crippen LogP contribution is 2.46. The Balaban J connectivity index is 0.000000167. The summed E-state index contributed by atoms with van der Waals surface area (Å²) in [5.74, 6) is 3.38. The number of aryl methyl sites for hydroxylation is 2. The number of fused-ring (bicyclic) bond motifs is 5. The second kappa shape index (κ2) is 22.8. The summed E-state index contributed by atoms with van der Waals surface area (Å²) in [7, 11) is 0. The van der Waals surface area contributed by atoms with Gasteiger partial charge < -0.3 is 50.6 Å². The van der Waals surface area contributed by atoms with Crippen molar-refractivity contribution in [2.45, 2.75) is 224 Å². The number of nitrogen functional groups attached to an aromatic ring is 2. The van der Waals surface area contributed by atoms with E-state index in [0.717, 1.165) is 78.8 Å². The van der Waals surface area contributed by atoms with E-state index in [2.05, 4.69) is 155 Å². The van der Waals surface area contributed by atoms with Crippen molar-refractivity contribution in [2.24, 2.45) is 11.8 Å². The molecule has 0 radical (unpaired) electrons. The normalized spacial score (nSPS) is 27.7. The van der Waals surface area contributed by atoms with Gasteiger partial charge in [-0.3, -0.25) is 18.9 Å². The van der Waals surface area contributed by atoms with Crippen LogP contribution < -0.4 is 11.5 Å². The van der Waals surface area contributed by atoms with E-state index in [9.17, 15) is 10.2 Å². The molecule has 8 aromatic rings. The number of aromatic amines is 2. The second-order valence-corrected chi connectivity index (χ2v) is 27.8. The van der Waals surface area contributed by atoms with E-state index in [1.807, 2.05) is 18.4 Å². The van der Waals surface area contributed by atoms with E-state index in [1.165, 1.54) is 43.0 Å². The Morgan fingerprint density at radius 1 is 0.612 bits per heavy atom. The maximum Gasteiger partial charge on any atom is 0.167 e. The lowest BCUT2D eigenvalue weighted by molar-refractivity contribution is -0.199. The van der Waals surface area contributed by atoms with E-state index in [0.29, 0.717) is 64.7 Å². The van der Waals surface area contributed by atoms with Crippen LogP contribution in [0.4, 0.5) is 11.6 Å². The number of H-pyrrole nitrogens is 2. The van der Waals surface area contributed by atoms with E-state index in [-0.39, 0.29) is 41.0 Å². The van der Waals surface area contributed by atoms with E-state index >= 15 is 0 Å². The molecule has 8 N–H and O–H groups in total. The van der Waals surface area contributed by atoms with Crippen molar-refractivity contribution in [1.82, 2.24) is 68.8 Å². The van der Waals surface area contributed by atoms with E-state index in [4.69, 9.17) is 40.4 Å². The molecule has 9 heterocycles. The Kier molecular flexibility index (Phi) is 15.9. The summed E-state index contributed by atoms with van der Waals surface area (Å²) >= 11 is 0. The quantitative estimate of drug-likeness (QED) is 0.0529. The average molecular weight is 1170 g/mol. The van der Waals surface area contributed by atoms with Gasteiger partial charge in [0.1, 0.15) is 72.0 Å². The summed E-state index contributed by atoms with van der Waals surface area (Å²) in [6.45, 7) is 27.6. The first kappa shape index (κ1) is 59.1. The number of aromatic nitrogens is 12. The maximum absolute atomic E-state index is 10.9. The highest BCUT2D eigenvalue weighted by atomic mass is 16.8. The lowest BCUT2D eigenvalue weighted by Gasteiger charge is -2.46. The third-order valence-corrected chi connectivity index (χ3v) is 18.6. The molecule has 0 spiro atoms. The van der Waals surface area contributed by atoms with Crippen LogP contribution in [-0.4, -0.2) is 159 Å². The van der Waals surface area contributed by atoms with Crippen molar-refractivity contribution in [3.8, 4) is 0 Å². The largest absolute Gasteiger partial charge is 0.387 e. The minimum Gasteiger partial charge on any atom is -0.387 e. The lowest BCUT2D eigenvalue weighted by atomic mass is 9.76. The second-order valence-electron chi connectivity index (χ2n) is 27.8. The fourth-order valence-electron chi connectivity index (χ4n) is 13.6. The van der Waals surface area contributed by atoms with Gasteiger partial charge in [-0.05, 0) is 138 Å². The molecule has 2 aromatic carbocycles. The Labute approximate surface area is 497 Å². The number of nitrogens with zero attached hydrogens (tertiary/aromatic N) is 12. The number of ether oxygens (including phenoxy) is 4. The number of nitrogens with one attached hydrogen (secondary N) is 2. The SMILES string of the molecule is CC(C)N(C[C@H]1O[C@@H](n2cnc3c(N)ncnc32)[C@@H]2OC(C)(C)O[C@@H]21)C1CC(CCc2nc3ccc(C(C)(C)C)cc3[nH]2)C1.CC(C)N(C[C@H]1O[C@@H](n2cnc3c(N)ncnc32)[C@H](O)[C@@H]1O)C1CC(CCc2nc3ccc(C(C)(C)C)cc3[nH]2)C1. The molecule has 2 aliphatic carbocycles. The summed E-state index contributed by atoms with van der Waals surface area (Å²) in [5.41, 5.74) is 21.3. The molecule has 5 fully saturated rings. The maximum atomic E-state index is 10.9. The van der Waals surface area contributed by atoms with E-state index in [1.54, 1.807) is 10.9 Å². The van der Waals surface area contributed by atoms with Crippen LogP contribution >= 0.6 is 0 Å². The van der Waals surface area contributed by atoms with Gasteiger partial charge in [0.15, 0.2) is 41.2 Å². The van der Waals surface area contributed by atoms with Crippen molar-refractivity contribution < 1.29 is 29.2 Å². The summed E-state index contributed by atoms with van der Waals surface area (Å²) < 4.78 is 29.3. The number of aliphatic hydroxyl groups is 2. The molecule has 8 atom stereocenters. The summed E-state index contributed by atoms with van der Waals surface area (Å²) in [5, 5.41) is 21.8. The van der Waals surface area contributed by atoms with Crippen LogP contribution in [0.2, 0.25) is 0 Å². The minimum absolute atomic E-state index is 0.110. The van der Waals surface area contributed by atoms with Gasteiger partial charge in [0.05, 0.1) is 34.7 Å². The number of rotatable bonds is 16. The molecule has 0 unspecified atom stereocenters. The first-order valence-corrected chi connectivity index (χ1v) is 30.7. The Bertz CT molecular complexity index is 3640. The van der Waals surface area contributed by atoms with Crippen LogP contribution in [-0.2, 0) is 42.6 Å². The molecule has 456 valence electrons. The zero-order chi connectivity index (χ0) is 60.0. The topological polar surface area (TPSA) is 280 Å². The van der Waals surface area contributed by atoms with Crippen LogP contribution in [0.25, 0.3) is 44.4 Å². The molecule has 2 saturated carbocycles. The van der Waals surface area contributed by atoms with Gasteiger partial charge in [-0.1, -0.05) is 53.7 Å². The van der Waals surface area contributed by atoms with Crippen LogP contribution in [0.5, 0.6) is 0 Å². The molecule has 85 heavy (non-hydrogen) atoms. The molecule has 22 nitrogen and oxygen atoms in total. The standard InChI is InChI=1S/C33H46N8O3.C30H42N8O3/c1-18(2)40(21-12-19(13-21)8-11-25-38-22-10-9-20(32(3,4)5)14-23(22)39-25)15-24-27-28(44-33(6,7)43-27)31(42-24)41-17-37-26-29(34)35-16-36-30(26)41;1-16(2)37(13-22-25(39)26(40)29(41-22)38-15-34-24-27(31)32-14-33-28(24)38)19-10-17(11-19)6-9-23-35-20-8-7-18(30(3,4)5)12-21(20)36-23/h9-10,14,16-19,21,24,27-28,31H,8,11-13,15H2,1-7H3,(H,38,39)(H2,34,35,36);7-8,12,14-17,19,22,25-26,29,39-40H,6,9-11,13H2,1-5H3,(H,35,36)(H2,31,32,33)/t19?,21?,24-,27-,28-,31-;17?,19?,22-,25-,26-,29-/m11/s1. The van der Waals surface area contributed by atoms with Crippen LogP contribution in [0.15, 0.2) is 61.7 Å². The molecule has 5 aliphatic rings. The first-order chi connectivity index (χ1) is 40.3. The molecule has 22 heteroatoms. The molecular weight excluding hydrogens is 1080 g/mol. The van der Waals surface area contributed by atoms with Crippen molar-refractivity contribution in [3.63, 3.8) is 0 Å². The number of aliphatic hydroxyl groups excluding tert-OH is 2. The monoisotopic (exact) mass is 1160 g/mol. The highest BCUT2D eigenvalue weighted by molar-refractivity contribution is 5.82. The number of anilines is 2. The molecule has 3 aliphatic heterocycles. The molecule has 6 aromatic heterocycles. The lowest BCUT2D eigenvalue weighted by Crippen LogP contribution is -2.52. The Morgan fingerprint density at radius 3 is 1.53 bits per heavy atom. The summed E-state index contributed by atoms with van der Waals surface area (Å²) in [4.78, 5) is 47.4. The number of imidazole rings is 4. The fourth-order valence-corrected chi connectivity index (χ4v) is 13.6. The number of nitrogens with two attached hydrogens (primary N) is 2. The van der Waals surface area contributed by atoms with E-state index < -0.39 is 36.6 Å². The van der Waals surface area contributed by atoms with Gasteiger partial charge in [-0.25, -0.2) is 39.9 Å². The Hall–Kier alpha value is -6.24. The highest BCUT2D eigenvalue weighted by Gasteiger charge is 2.57. The molecular formula is C63H88N16O6. The number of hydrogen-bond acceptors (Lipinski definition) is 18. The van der Waals surface area contributed by atoms with Crippen molar-refractivity contribution in [2.75, 3.05) is 24.6 Å². The zero-order valence-electron chi connectivity index (χ0n) is 51.5. The third-order valence-electron chi connectivity index (χ3n) is 18.6. The minimum atomic E-state index is -1.11. The fraction of sp³-hybridized carbons (Fsp3) is 0.619. The summed E-state index contributed by atoms with van der Waals surface area (Å²) in [6, 6.07) is 14.7. The van der Waals surface area contributed by atoms with Gasteiger partial charge in [0.25, 0.3) is 0 Å².